The highest BCUT2D eigenvalue weighted by atomic mass is 16.6. The minimum absolute atomic E-state index is 0.546. The standard InChI is InChI=1S/C11H24O2/c1-3-5-6-7-8-9-10-13-11(12)4-2/h11-12H,3-10H2,1-2H3. The second kappa shape index (κ2) is 10.0. The maximum atomic E-state index is 9.08. The predicted octanol–water partition coefficient (Wildman–Crippen LogP) is 3.09. The minimum atomic E-state index is -0.546. The monoisotopic (exact) mass is 188 g/mol. The van der Waals surface area contributed by atoms with Crippen molar-refractivity contribution in [2.75, 3.05) is 6.61 Å². The molecule has 2 nitrogen and oxygen atoms in total. The Labute approximate surface area is 82.3 Å². The molecule has 1 N–H and O–H groups in total. The average molecular weight is 188 g/mol. The lowest BCUT2D eigenvalue weighted by Gasteiger charge is -2.08. The molecule has 0 rings (SSSR count). The molecule has 0 saturated carbocycles. The molecule has 80 valence electrons. The van der Waals surface area contributed by atoms with E-state index in [1.807, 2.05) is 6.92 Å². The van der Waals surface area contributed by atoms with E-state index in [0.29, 0.717) is 13.0 Å². The van der Waals surface area contributed by atoms with E-state index >= 15 is 0 Å². The molecule has 0 aromatic rings. The van der Waals surface area contributed by atoms with Gasteiger partial charge in [0.15, 0.2) is 6.29 Å². The van der Waals surface area contributed by atoms with Crippen LogP contribution < -0.4 is 0 Å². The van der Waals surface area contributed by atoms with Crippen LogP contribution in [0.25, 0.3) is 0 Å². The van der Waals surface area contributed by atoms with Crippen molar-refractivity contribution in [3.05, 3.63) is 0 Å². The van der Waals surface area contributed by atoms with Crippen molar-refractivity contribution in [1.82, 2.24) is 0 Å². The Balaban J connectivity index is 2.91. The second-order valence-electron chi connectivity index (χ2n) is 3.50. The summed E-state index contributed by atoms with van der Waals surface area (Å²) in [6.45, 7) is 4.85. The summed E-state index contributed by atoms with van der Waals surface area (Å²) in [7, 11) is 0. The lowest BCUT2D eigenvalue weighted by molar-refractivity contribution is -0.101. The lowest BCUT2D eigenvalue weighted by Crippen LogP contribution is -2.10. The van der Waals surface area contributed by atoms with Crippen molar-refractivity contribution >= 4 is 0 Å². The van der Waals surface area contributed by atoms with Crippen LogP contribution in [0.2, 0.25) is 0 Å². The van der Waals surface area contributed by atoms with Gasteiger partial charge in [-0.1, -0.05) is 46.0 Å². The highest BCUT2D eigenvalue weighted by Crippen LogP contribution is 2.05. The third kappa shape index (κ3) is 9.84. The first-order valence-electron chi connectivity index (χ1n) is 5.61. The van der Waals surface area contributed by atoms with E-state index in [2.05, 4.69) is 6.92 Å². The van der Waals surface area contributed by atoms with Crippen LogP contribution in [0.1, 0.15) is 58.8 Å². The van der Waals surface area contributed by atoms with E-state index in [1.54, 1.807) is 0 Å². The number of rotatable bonds is 9. The van der Waals surface area contributed by atoms with Crippen molar-refractivity contribution in [3.8, 4) is 0 Å². The van der Waals surface area contributed by atoms with Gasteiger partial charge in [-0.3, -0.25) is 0 Å². The Morgan fingerprint density at radius 1 is 1.00 bits per heavy atom. The largest absolute Gasteiger partial charge is 0.368 e. The van der Waals surface area contributed by atoms with Gasteiger partial charge in [0.25, 0.3) is 0 Å². The van der Waals surface area contributed by atoms with E-state index in [0.717, 1.165) is 6.42 Å². The molecule has 2 heteroatoms. The molecule has 0 aromatic heterocycles. The second-order valence-corrected chi connectivity index (χ2v) is 3.50. The molecular weight excluding hydrogens is 164 g/mol. The number of ether oxygens (including phenoxy) is 1. The summed E-state index contributed by atoms with van der Waals surface area (Å²) in [6.07, 6.45) is 7.75. The van der Waals surface area contributed by atoms with Crippen LogP contribution in [0.15, 0.2) is 0 Å². The summed E-state index contributed by atoms with van der Waals surface area (Å²) in [6, 6.07) is 0. The first-order valence-corrected chi connectivity index (χ1v) is 5.61. The van der Waals surface area contributed by atoms with Crippen molar-refractivity contribution in [2.45, 2.75) is 65.1 Å². The zero-order chi connectivity index (χ0) is 9.94. The van der Waals surface area contributed by atoms with E-state index in [1.165, 1.54) is 32.1 Å². The van der Waals surface area contributed by atoms with Gasteiger partial charge in [-0.05, 0) is 12.8 Å². The van der Waals surface area contributed by atoms with Crippen molar-refractivity contribution in [2.24, 2.45) is 0 Å². The van der Waals surface area contributed by atoms with Gasteiger partial charge in [-0.15, -0.1) is 0 Å². The van der Waals surface area contributed by atoms with Gasteiger partial charge in [-0.25, -0.2) is 0 Å². The molecule has 0 aliphatic carbocycles. The van der Waals surface area contributed by atoms with Crippen LogP contribution in [-0.4, -0.2) is 18.0 Å². The number of hydrogen-bond donors (Lipinski definition) is 1. The Morgan fingerprint density at radius 3 is 2.23 bits per heavy atom. The normalized spacial score (nSPS) is 13.2. The van der Waals surface area contributed by atoms with Gasteiger partial charge in [0.05, 0.1) is 0 Å². The molecule has 1 atom stereocenters. The van der Waals surface area contributed by atoms with Crippen LogP contribution in [0.4, 0.5) is 0 Å². The molecule has 0 spiro atoms. The van der Waals surface area contributed by atoms with Crippen LogP contribution in [0, 0.1) is 0 Å². The van der Waals surface area contributed by atoms with Crippen molar-refractivity contribution < 1.29 is 9.84 Å². The fourth-order valence-corrected chi connectivity index (χ4v) is 1.22. The summed E-state index contributed by atoms with van der Waals surface area (Å²) in [5.41, 5.74) is 0. The first kappa shape index (κ1) is 12.9. The molecule has 13 heavy (non-hydrogen) atoms. The molecular formula is C11H24O2. The average Bonchev–Trinajstić information content (AvgIpc) is 2.16. The van der Waals surface area contributed by atoms with Crippen LogP contribution >= 0.6 is 0 Å². The summed E-state index contributed by atoms with van der Waals surface area (Å²) >= 11 is 0. The fourth-order valence-electron chi connectivity index (χ4n) is 1.22. The summed E-state index contributed by atoms with van der Waals surface area (Å²) in [4.78, 5) is 0. The number of aliphatic hydroxyl groups is 1. The Hall–Kier alpha value is -0.0800. The Kier molecular flexibility index (Phi) is 9.94. The third-order valence-electron chi connectivity index (χ3n) is 2.16. The van der Waals surface area contributed by atoms with E-state index in [9.17, 15) is 0 Å². The summed E-state index contributed by atoms with van der Waals surface area (Å²) in [5, 5.41) is 9.08. The highest BCUT2D eigenvalue weighted by Gasteiger charge is 1.98. The van der Waals surface area contributed by atoms with Gasteiger partial charge in [-0.2, -0.15) is 0 Å². The van der Waals surface area contributed by atoms with E-state index in [-0.39, 0.29) is 0 Å². The van der Waals surface area contributed by atoms with Crippen LogP contribution in [0.5, 0.6) is 0 Å². The molecule has 0 amide bonds. The van der Waals surface area contributed by atoms with Crippen molar-refractivity contribution in [1.29, 1.82) is 0 Å². The van der Waals surface area contributed by atoms with Gasteiger partial charge in [0.2, 0.25) is 0 Å². The smallest absolute Gasteiger partial charge is 0.154 e. The molecule has 0 aromatic carbocycles. The Bertz CT molecular complexity index is 94.1. The van der Waals surface area contributed by atoms with Gasteiger partial charge < -0.3 is 9.84 Å². The van der Waals surface area contributed by atoms with Crippen molar-refractivity contribution in [3.63, 3.8) is 0 Å². The van der Waals surface area contributed by atoms with Crippen LogP contribution in [-0.2, 0) is 4.74 Å². The zero-order valence-electron chi connectivity index (χ0n) is 9.09. The summed E-state index contributed by atoms with van der Waals surface area (Å²) < 4.78 is 5.15. The molecule has 0 bridgehead atoms. The maximum absolute atomic E-state index is 9.08. The highest BCUT2D eigenvalue weighted by molar-refractivity contribution is 4.44. The molecule has 0 saturated heterocycles. The van der Waals surface area contributed by atoms with E-state index in [4.69, 9.17) is 9.84 Å². The molecule has 0 aliphatic heterocycles. The number of unbranched alkanes of at least 4 members (excludes halogenated alkanes) is 5. The van der Waals surface area contributed by atoms with Gasteiger partial charge >= 0.3 is 0 Å². The molecule has 0 fully saturated rings. The number of aliphatic hydroxyl groups excluding tert-OH is 1. The van der Waals surface area contributed by atoms with Gasteiger partial charge in [0, 0.05) is 6.61 Å². The fraction of sp³-hybridized carbons (Fsp3) is 1.00. The topological polar surface area (TPSA) is 29.5 Å². The SMILES string of the molecule is CCCCCCCCOC(O)CC. The quantitative estimate of drug-likeness (QED) is 0.445. The van der Waals surface area contributed by atoms with Gasteiger partial charge in [0.1, 0.15) is 0 Å². The summed E-state index contributed by atoms with van der Waals surface area (Å²) in [5.74, 6) is 0. The first-order chi connectivity index (χ1) is 6.31. The lowest BCUT2D eigenvalue weighted by atomic mass is 10.1. The van der Waals surface area contributed by atoms with Crippen LogP contribution in [0.3, 0.4) is 0 Å². The molecule has 0 heterocycles. The minimum Gasteiger partial charge on any atom is -0.368 e. The third-order valence-corrected chi connectivity index (χ3v) is 2.16. The molecule has 0 aliphatic rings. The molecule has 0 radical (unpaired) electrons. The molecule has 1 unspecified atom stereocenters. The van der Waals surface area contributed by atoms with E-state index < -0.39 is 6.29 Å². The predicted molar refractivity (Wildman–Crippen MR) is 55.6 cm³/mol. The Morgan fingerprint density at radius 2 is 1.62 bits per heavy atom. The zero-order valence-corrected chi connectivity index (χ0v) is 9.09. The number of hydrogen-bond acceptors (Lipinski definition) is 2. The maximum Gasteiger partial charge on any atom is 0.154 e.